The van der Waals surface area contributed by atoms with E-state index in [1.165, 1.54) is 0 Å². The number of carbonyl (C=O) groups excluding carboxylic acids is 2. The Morgan fingerprint density at radius 2 is 1.48 bits per heavy atom. The molecule has 0 bridgehead atoms. The first-order valence-electron chi connectivity index (χ1n) is 7.73. The molecule has 0 atom stereocenters. The quantitative estimate of drug-likeness (QED) is 0.800. The Kier molecular flexibility index (Phi) is 6.36. The SMILES string of the molecule is CCOC(=O)CNC(=O)CC(c1ccccc1)c1ccccc1. The lowest BCUT2D eigenvalue weighted by Crippen LogP contribution is -2.31. The molecule has 0 saturated carbocycles. The molecule has 0 aliphatic carbocycles. The smallest absolute Gasteiger partial charge is 0.325 e. The van der Waals surface area contributed by atoms with E-state index >= 15 is 0 Å². The van der Waals surface area contributed by atoms with Crippen molar-refractivity contribution in [3.63, 3.8) is 0 Å². The maximum atomic E-state index is 12.2. The number of esters is 1. The third-order valence-electron chi connectivity index (χ3n) is 3.53. The van der Waals surface area contributed by atoms with E-state index in [-0.39, 0.29) is 24.8 Å². The van der Waals surface area contributed by atoms with Gasteiger partial charge >= 0.3 is 5.97 Å². The second-order valence-electron chi connectivity index (χ2n) is 5.16. The van der Waals surface area contributed by atoms with Gasteiger partial charge < -0.3 is 10.1 Å². The normalized spacial score (nSPS) is 10.3. The first-order chi connectivity index (χ1) is 11.2. The van der Waals surface area contributed by atoms with Crippen molar-refractivity contribution in [1.29, 1.82) is 0 Å². The second-order valence-corrected chi connectivity index (χ2v) is 5.16. The summed E-state index contributed by atoms with van der Waals surface area (Å²) in [6.45, 7) is 1.95. The highest BCUT2D eigenvalue weighted by molar-refractivity contribution is 5.82. The highest BCUT2D eigenvalue weighted by atomic mass is 16.5. The standard InChI is InChI=1S/C19H21NO3/c1-2-23-19(22)14-20-18(21)13-17(15-9-5-3-6-10-15)16-11-7-4-8-12-16/h3-12,17H,2,13-14H2,1H3,(H,20,21). The molecule has 0 heterocycles. The van der Waals surface area contributed by atoms with Crippen LogP contribution >= 0.6 is 0 Å². The van der Waals surface area contributed by atoms with Crippen LogP contribution in [0.25, 0.3) is 0 Å². The van der Waals surface area contributed by atoms with Crippen molar-refractivity contribution in [2.24, 2.45) is 0 Å². The number of amides is 1. The van der Waals surface area contributed by atoms with Crippen LogP contribution in [0.3, 0.4) is 0 Å². The zero-order valence-electron chi connectivity index (χ0n) is 13.2. The first kappa shape index (κ1) is 16.7. The van der Waals surface area contributed by atoms with E-state index in [0.717, 1.165) is 11.1 Å². The van der Waals surface area contributed by atoms with Gasteiger partial charge in [-0.2, -0.15) is 0 Å². The Balaban J connectivity index is 2.07. The zero-order chi connectivity index (χ0) is 16.5. The first-order valence-corrected chi connectivity index (χ1v) is 7.73. The van der Waals surface area contributed by atoms with Crippen molar-refractivity contribution in [3.8, 4) is 0 Å². The lowest BCUT2D eigenvalue weighted by molar-refractivity contribution is -0.143. The summed E-state index contributed by atoms with van der Waals surface area (Å²) in [7, 11) is 0. The van der Waals surface area contributed by atoms with Crippen molar-refractivity contribution in [2.45, 2.75) is 19.3 Å². The summed E-state index contributed by atoms with van der Waals surface area (Å²) in [6.07, 6.45) is 0.285. The van der Waals surface area contributed by atoms with Gasteiger partial charge in [-0.15, -0.1) is 0 Å². The van der Waals surface area contributed by atoms with Gasteiger partial charge in [0, 0.05) is 12.3 Å². The van der Waals surface area contributed by atoms with Crippen molar-refractivity contribution in [3.05, 3.63) is 71.8 Å². The minimum absolute atomic E-state index is 0.0420. The highest BCUT2D eigenvalue weighted by Gasteiger charge is 2.18. The van der Waals surface area contributed by atoms with Gasteiger partial charge in [0.2, 0.25) is 5.91 Å². The van der Waals surface area contributed by atoms with Gasteiger partial charge in [0.25, 0.3) is 0 Å². The Hall–Kier alpha value is -2.62. The van der Waals surface area contributed by atoms with Crippen LogP contribution in [0.1, 0.15) is 30.4 Å². The summed E-state index contributed by atoms with van der Waals surface area (Å²) < 4.78 is 4.81. The van der Waals surface area contributed by atoms with Crippen LogP contribution in [0, 0.1) is 0 Å². The molecule has 2 aromatic rings. The molecule has 4 heteroatoms. The predicted octanol–water partition coefficient (Wildman–Crippen LogP) is 2.89. The number of rotatable bonds is 7. The fourth-order valence-electron chi connectivity index (χ4n) is 2.44. The number of nitrogens with one attached hydrogen (secondary N) is 1. The molecule has 0 aliphatic rings. The second kappa shape index (κ2) is 8.73. The molecule has 0 aromatic heterocycles. The van der Waals surface area contributed by atoms with E-state index in [0.29, 0.717) is 6.61 Å². The summed E-state index contributed by atoms with van der Waals surface area (Å²) in [5.41, 5.74) is 2.15. The molecule has 0 aliphatic heterocycles. The molecule has 0 spiro atoms. The Morgan fingerprint density at radius 3 is 1.96 bits per heavy atom. The monoisotopic (exact) mass is 311 g/mol. The van der Waals surface area contributed by atoms with Gasteiger partial charge in [-0.05, 0) is 18.1 Å². The summed E-state index contributed by atoms with van der Waals surface area (Å²) in [5, 5.41) is 2.62. The fourth-order valence-corrected chi connectivity index (χ4v) is 2.44. The number of hydrogen-bond acceptors (Lipinski definition) is 3. The van der Waals surface area contributed by atoms with E-state index < -0.39 is 5.97 Å². The minimum atomic E-state index is -0.420. The van der Waals surface area contributed by atoms with Gasteiger partial charge in [-0.25, -0.2) is 0 Å². The van der Waals surface area contributed by atoms with Crippen LogP contribution in [0.4, 0.5) is 0 Å². The van der Waals surface area contributed by atoms with Gasteiger partial charge in [-0.3, -0.25) is 9.59 Å². The summed E-state index contributed by atoms with van der Waals surface area (Å²) >= 11 is 0. The van der Waals surface area contributed by atoms with Crippen molar-refractivity contribution < 1.29 is 14.3 Å². The van der Waals surface area contributed by atoms with Crippen molar-refractivity contribution in [2.75, 3.05) is 13.2 Å². The van der Waals surface area contributed by atoms with Crippen LogP contribution in [0.5, 0.6) is 0 Å². The van der Waals surface area contributed by atoms with Crippen molar-refractivity contribution in [1.82, 2.24) is 5.32 Å². The van der Waals surface area contributed by atoms with E-state index in [1.54, 1.807) is 6.92 Å². The molecule has 2 aromatic carbocycles. The lowest BCUT2D eigenvalue weighted by Gasteiger charge is -2.17. The third kappa shape index (κ3) is 5.25. The van der Waals surface area contributed by atoms with Gasteiger partial charge in [0.15, 0.2) is 0 Å². The van der Waals surface area contributed by atoms with Crippen LogP contribution in [-0.4, -0.2) is 25.0 Å². The molecule has 1 amide bonds. The van der Waals surface area contributed by atoms with Crippen LogP contribution < -0.4 is 5.32 Å². The Bertz CT molecular complexity index is 586. The largest absolute Gasteiger partial charge is 0.465 e. The lowest BCUT2D eigenvalue weighted by atomic mass is 9.88. The fraction of sp³-hybridized carbons (Fsp3) is 0.263. The van der Waals surface area contributed by atoms with Gasteiger partial charge in [0.05, 0.1) is 6.61 Å². The van der Waals surface area contributed by atoms with E-state index in [1.807, 2.05) is 60.7 Å². The topological polar surface area (TPSA) is 55.4 Å². The van der Waals surface area contributed by atoms with Crippen LogP contribution in [0.15, 0.2) is 60.7 Å². The molecule has 23 heavy (non-hydrogen) atoms. The number of hydrogen-bond donors (Lipinski definition) is 1. The molecular weight excluding hydrogens is 290 g/mol. The maximum Gasteiger partial charge on any atom is 0.325 e. The summed E-state index contributed by atoms with van der Waals surface area (Å²) in [5.74, 6) is -0.632. The minimum Gasteiger partial charge on any atom is -0.465 e. The third-order valence-corrected chi connectivity index (χ3v) is 3.53. The molecule has 0 unspecified atom stereocenters. The van der Waals surface area contributed by atoms with E-state index in [4.69, 9.17) is 4.74 Å². The van der Waals surface area contributed by atoms with Crippen LogP contribution in [0.2, 0.25) is 0 Å². The zero-order valence-corrected chi connectivity index (χ0v) is 13.2. The molecule has 0 fully saturated rings. The van der Waals surface area contributed by atoms with Gasteiger partial charge in [-0.1, -0.05) is 60.7 Å². The average molecular weight is 311 g/mol. The molecule has 0 radical (unpaired) electrons. The van der Waals surface area contributed by atoms with Gasteiger partial charge in [0.1, 0.15) is 6.54 Å². The van der Waals surface area contributed by atoms with E-state index in [2.05, 4.69) is 5.32 Å². The Morgan fingerprint density at radius 1 is 0.957 bits per heavy atom. The predicted molar refractivity (Wildman–Crippen MR) is 89.0 cm³/mol. The molecule has 4 nitrogen and oxygen atoms in total. The Labute approximate surface area is 136 Å². The molecular formula is C19H21NO3. The van der Waals surface area contributed by atoms with E-state index in [9.17, 15) is 9.59 Å². The molecule has 1 N–H and O–H groups in total. The van der Waals surface area contributed by atoms with Crippen LogP contribution in [-0.2, 0) is 14.3 Å². The number of benzene rings is 2. The molecule has 2 rings (SSSR count). The highest BCUT2D eigenvalue weighted by Crippen LogP contribution is 2.27. The number of ether oxygens (including phenoxy) is 1. The van der Waals surface area contributed by atoms with Crippen molar-refractivity contribution >= 4 is 11.9 Å². The average Bonchev–Trinajstić information content (AvgIpc) is 2.60. The summed E-state index contributed by atoms with van der Waals surface area (Å²) in [6, 6.07) is 19.8. The maximum absolute atomic E-state index is 12.2. The summed E-state index contributed by atoms with van der Waals surface area (Å²) in [4.78, 5) is 23.5. The molecule has 0 saturated heterocycles. The molecule has 120 valence electrons. The number of carbonyl (C=O) groups is 2.